The molecular formula is C23H24FN3O2. The number of amides is 1. The van der Waals surface area contributed by atoms with Crippen LogP contribution in [0.4, 0.5) is 10.1 Å². The molecule has 0 aliphatic carbocycles. The van der Waals surface area contributed by atoms with Crippen molar-refractivity contribution in [2.24, 2.45) is 0 Å². The Bertz CT molecular complexity index is 1010. The molecule has 0 saturated carbocycles. The van der Waals surface area contributed by atoms with Crippen LogP contribution in [0.5, 0.6) is 5.75 Å². The number of carbonyl (C=O) groups excluding carboxylic acids is 1. The Morgan fingerprint density at radius 2 is 2.00 bits per heavy atom. The van der Waals surface area contributed by atoms with Crippen molar-refractivity contribution in [1.82, 2.24) is 9.55 Å². The molecule has 0 saturated heterocycles. The van der Waals surface area contributed by atoms with Gasteiger partial charge in [0.1, 0.15) is 23.1 Å². The molecule has 0 radical (unpaired) electrons. The van der Waals surface area contributed by atoms with Gasteiger partial charge in [-0.05, 0) is 62.6 Å². The number of ether oxygens (including phenoxy) is 1. The fourth-order valence-electron chi connectivity index (χ4n) is 3.74. The minimum Gasteiger partial charge on any atom is -0.494 e. The molecule has 29 heavy (non-hydrogen) atoms. The largest absolute Gasteiger partial charge is 0.494 e. The summed E-state index contributed by atoms with van der Waals surface area (Å²) in [6.07, 6.45) is 3.92. The highest BCUT2D eigenvalue weighted by molar-refractivity contribution is 6.04. The summed E-state index contributed by atoms with van der Waals surface area (Å²) in [6.45, 7) is 3.30. The molecule has 0 unspecified atom stereocenters. The first-order chi connectivity index (χ1) is 14.2. The number of halogens is 1. The lowest BCUT2D eigenvalue weighted by Gasteiger charge is -2.09. The summed E-state index contributed by atoms with van der Waals surface area (Å²) < 4.78 is 21.3. The Balaban J connectivity index is 1.66. The number of fused-ring (bicyclic) bond motifs is 1. The summed E-state index contributed by atoms with van der Waals surface area (Å²) >= 11 is 0. The number of carbonyl (C=O) groups is 1. The minimum absolute atomic E-state index is 0.248. The third-order valence-corrected chi connectivity index (χ3v) is 5.09. The first kappa shape index (κ1) is 19.2. The molecule has 5 nitrogen and oxygen atoms in total. The molecule has 1 N–H and O–H groups in total. The molecule has 2 aromatic carbocycles. The average Bonchev–Trinajstić information content (AvgIpc) is 2.91. The predicted octanol–water partition coefficient (Wildman–Crippen LogP) is 5.07. The van der Waals surface area contributed by atoms with Crippen molar-refractivity contribution in [3.05, 3.63) is 65.7 Å². The lowest BCUT2D eigenvalue weighted by atomic mass is 10.1. The number of benzene rings is 2. The summed E-state index contributed by atoms with van der Waals surface area (Å²) in [5.41, 5.74) is 2.71. The number of aromatic nitrogens is 2. The summed E-state index contributed by atoms with van der Waals surface area (Å²) in [7, 11) is 0. The summed E-state index contributed by atoms with van der Waals surface area (Å²) in [6, 6.07) is 13.6. The van der Waals surface area contributed by atoms with Gasteiger partial charge in [-0.1, -0.05) is 18.6 Å². The maximum Gasteiger partial charge on any atom is 0.276 e. The Kier molecular flexibility index (Phi) is 5.60. The van der Waals surface area contributed by atoms with E-state index in [9.17, 15) is 9.18 Å². The highest BCUT2D eigenvalue weighted by Gasteiger charge is 2.24. The number of imidazole rings is 1. The van der Waals surface area contributed by atoms with E-state index in [1.807, 2.05) is 37.3 Å². The Labute approximate surface area is 169 Å². The van der Waals surface area contributed by atoms with Crippen molar-refractivity contribution in [2.75, 3.05) is 11.9 Å². The number of hydrogen-bond donors (Lipinski definition) is 1. The quantitative estimate of drug-likeness (QED) is 0.659. The molecule has 3 aromatic rings. The van der Waals surface area contributed by atoms with Crippen LogP contribution < -0.4 is 10.1 Å². The molecule has 6 heteroatoms. The number of hydrogen-bond acceptors (Lipinski definition) is 3. The number of nitrogens with one attached hydrogen (secondary N) is 1. The number of rotatable bonds is 5. The first-order valence-corrected chi connectivity index (χ1v) is 10.0. The van der Waals surface area contributed by atoms with Crippen molar-refractivity contribution in [3.63, 3.8) is 0 Å². The molecule has 0 fully saturated rings. The molecule has 0 spiro atoms. The predicted molar refractivity (Wildman–Crippen MR) is 111 cm³/mol. The Morgan fingerprint density at radius 1 is 1.17 bits per heavy atom. The Morgan fingerprint density at radius 3 is 2.76 bits per heavy atom. The van der Waals surface area contributed by atoms with E-state index in [-0.39, 0.29) is 11.7 Å². The van der Waals surface area contributed by atoms with Gasteiger partial charge in [-0.2, -0.15) is 0 Å². The summed E-state index contributed by atoms with van der Waals surface area (Å²) in [5, 5.41) is 2.93. The van der Waals surface area contributed by atoms with E-state index in [1.54, 1.807) is 6.07 Å². The standard InChI is InChI=1S/C23H24FN3O2/c1-2-29-19-12-10-18(11-13-19)25-23(28)21-20-9-4-3-5-14-27(20)22(26-21)16-7-6-8-17(24)15-16/h6-8,10-13,15H,2-5,9,14H2,1H3,(H,25,28). The van der Waals surface area contributed by atoms with Crippen LogP contribution in [0.15, 0.2) is 48.5 Å². The monoisotopic (exact) mass is 393 g/mol. The van der Waals surface area contributed by atoms with Crippen LogP contribution in [0.2, 0.25) is 0 Å². The maximum absolute atomic E-state index is 13.8. The van der Waals surface area contributed by atoms with E-state index >= 15 is 0 Å². The van der Waals surface area contributed by atoms with Crippen molar-refractivity contribution >= 4 is 11.6 Å². The molecule has 1 aliphatic rings. The van der Waals surface area contributed by atoms with E-state index in [2.05, 4.69) is 14.9 Å². The molecule has 1 amide bonds. The highest BCUT2D eigenvalue weighted by atomic mass is 19.1. The van der Waals surface area contributed by atoms with Gasteiger partial charge in [-0.15, -0.1) is 0 Å². The van der Waals surface area contributed by atoms with E-state index in [1.165, 1.54) is 12.1 Å². The lowest BCUT2D eigenvalue weighted by molar-refractivity contribution is 0.102. The fourth-order valence-corrected chi connectivity index (χ4v) is 3.74. The molecule has 4 rings (SSSR count). The maximum atomic E-state index is 13.8. The van der Waals surface area contributed by atoms with E-state index in [0.717, 1.165) is 43.7 Å². The van der Waals surface area contributed by atoms with Gasteiger partial charge >= 0.3 is 0 Å². The van der Waals surface area contributed by atoms with Crippen molar-refractivity contribution in [3.8, 4) is 17.1 Å². The Hall–Kier alpha value is -3.15. The molecule has 0 bridgehead atoms. The van der Waals surface area contributed by atoms with Gasteiger partial charge in [0.05, 0.1) is 12.3 Å². The third kappa shape index (κ3) is 4.16. The van der Waals surface area contributed by atoms with E-state index in [4.69, 9.17) is 4.74 Å². The van der Waals surface area contributed by atoms with Gasteiger partial charge in [-0.3, -0.25) is 4.79 Å². The van der Waals surface area contributed by atoms with E-state index < -0.39 is 0 Å². The second-order valence-electron chi connectivity index (χ2n) is 7.11. The number of nitrogens with zero attached hydrogens (tertiary/aromatic N) is 2. The van der Waals surface area contributed by atoms with Crippen LogP contribution in [0.3, 0.4) is 0 Å². The second kappa shape index (κ2) is 8.47. The molecule has 1 aromatic heterocycles. The van der Waals surface area contributed by atoms with Gasteiger partial charge in [0, 0.05) is 17.8 Å². The van der Waals surface area contributed by atoms with E-state index in [0.29, 0.717) is 29.4 Å². The highest BCUT2D eigenvalue weighted by Crippen LogP contribution is 2.28. The van der Waals surface area contributed by atoms with Crippen LogP contribution in [0, 0.1) is 5.82 Å². The van der Waals surface area contributed by atoms with Crippen LogP contribution in [-0.4, -0.2) is 22.1 Å². The van der Waals surface area contributed by atoms with Gasteiger partial charge < -0.3 is 14.6 Å². The summed E-state index contributed by atoms with van der Waals surface area (Å²) in [5.74, 6) is 0.851. The molecule has 1 aliphatic heterocycles. The van der Waals surface area contributed by atoms with Gasteiger partial charge in [0.25, 0.3) is 5.91 Å². The normalized spacial score (nSPS) is 13.4. The zero-order chi connectivity index (χ0) is 20.2. The van der Waals surface area contributed by atoms with Crippen LogP contribution in [0.25, 0.3) is 11.4 Å². The number of anilines is 1. The second-order valence-corrected chi connectivity index (χ2v) is 7.11. The summed E-state index contributed by atoms with van der Waals surface area (Å²) in [4.78, 5) is 17.7. The van der Waals surface area contributed by atoms with Crippen molar-refractivity contribution in [1.29, 1.82) is 0 Å². The minimum atomic E-state index is -0.311. The molecule has 150 valence electrons. The zero-order valence-electron chi connectivity index (χ0n) is 16.5. The topological polar surface area (TPSA) is 56.1 Å². The third-order valence-electron chi connectivity index (χ3n) is 5.09. The lowest BCUT2D eigenvalue weighted by Crippen LogP contribution is -2.15. The zero-order valence-corrected chi connectivity index (χ0v) is 16.5. The van der Waals surface area contributed by atoms with Gasteiger partial charge in [0.2, 0.25) is 0 Å². The fraction of sp³-hybridized carbons (Fsp3) is 0.304. The van der Waals surface area contributed by atoms with Gasteiger partial charge in [-0.25, -0.2) is 9.37 Å². The average molecular weight is 393 g/mol. The van der Waals surface area contributed by atoms with Crippen molar-refractivity contribution in [2.45, 2.75) is 39.2 Å². The molecule has 0 atom stereocenters. The van der Waals surface area contributed by atoms with Crippen LogP contribution in [0.1, 0.15) is 42.4 Å². The smallest absolute Gasteiger partial charge is 0.276 e. The van der Waals surface area contributed by atoms with Crippen molar-refractivity contribution < 1.29 is 13.9 Å². The molecule has 2 heterocycles. The van der Waals surface area contributed by atoms with Gasteiger partial charge in [0.15, 0.2) is 0 Å². The van der Waals surface area contributed by atoms with Crippen LogP contribution in [-0.2, 0) is 13.0 Å². The van der Waals surface area contributed by atoms with Crippen LogP contribution >= 0.6 is 0 Å². The SMILES string of the molecule is CCOc1ccc(NC(=O)c2nc(-c3cccc(F)c3)n3c2CCCCC3)cc1. The first-order valence-electron chi connectivity index (χ1n) is 10.0. The molecular weight excluding hydrogens is 369 g/mol.